The van der Waals surface area contributed by atoms with E-state index in [1.54, 1.807) is 0 Å². The number of hydrogen-bond donors (Lipinski definition) is 1. The molecule has 0 amide bonds. The zero-order chi connectivity index (χ0) is 13.8. The molecule has 0 spiro atoms. The van der Waals surface area contributed by atoms with Crippen LogP contribution in [0.4, 0.5) is 0 Å². The minimum absolute atomic E-state index is 0.568. The van der Waals surface area contributed by atoms with Crippen molar-refractivity contribution in [3.63, 3.8) is 0 Å². The SMILES string of the molecule is C[C@]12CCCC[C@@H]1CC[C@H]1[C@H]3CCC[C@@]3(CN)CC[C@@H]12. The summed E-state index contributed by atoms with van der Waals surface area (Å²) in [5.41, 5.74) is 7.53. The molecule has 4 aliphatic carbocycles. The molecule has 0 aromatic carbocycles. The molecule has 0 bridgehead atoms. The predicted molar refractivity (Wildman–Crippen MR) is 84.3 cm³/mol. The first-order valence-electron chi connectivity index (χ1n) is 9.40. The monoisotopic (exact) mass is 275 g/mol. The number of fused-ring (bicyclic) bond motifs is 5. The first-order chi connectivity index (χ1) is 9.70. The lowest BCUT2D eigenvalue weighted by molar-refractivity contribution is -0.105. The molecule has 6 atom stereocenters. The van der Waals surface area contributed by atoms with E-state index in [0.29, 0.717) is 10.8 Å². The molecule has 0 aromatic heterocycles. The largest absolute Gasteiger partial charge is 0.330 e. The third-order valence-corrected chi connectivity index (χ3v) is 8.52. The molecular weight excluding hydrogens is 242 g/mol. The molecule has 0 heterocycles. The van der Waals surface area contributed by atoms with E-state index in [0.717, 1.165) is 30.2 Å². The highest BCUT2D eigenvalue weighted by Gasteiger charge is 2.57. The third-order valence-electron chi connectivity index (χ3n) is 8.52. The maximum atomic E-state index is 6.27. The highest BCUT2D eigenvalue weighted by atomic mass is 14.7. The second kappa shape index (κ2) is 4.73. The van der Waals surface area contributed by atoms with E-state index in [1.807, 2.05) is 0 Å². The standard InChI is InChI=1S/C19H33N/c1-18-10-3-2-5-14(18)7-8-15-16(18)9-12-19(13-20)11-4-6-17(15)19/h14-17H,2-13,20H2,1H3/t14-,15-,16+,17-,18+,19+/m1/s1. The third kappa shape index (κ3) is 1.71. The Morgan fingerprint density at radius 2 is 1.75 bits per heavy atom. The van der Waals surface area contributed by atoms with Gasteiger partial charge >= 0.3 is 0 Å². The fourth-order valence-electron chi connectivity index (χ4n) is 7.44. The van der Waals surface area contributed by atoms with E-state index < -0.39 is 0 Å². The molecule has 20 heavy (non-hydrogen) atoms. The van der Waals surface area contributed by atoms with Gasteiger partial charge in [0, 0.05) is 0 Å². The average molecular weight is 275 g/mol. The summed E-state index contributed by atoms with van der Waals surface area (Å²) in [6, 6.07) is 0. The van der Waals surface area contributed by atoms with Crippen LogP contribution >= 0.6 is 0 Å². The van der Waals surface area contributed by atoms with Gasteiger partial charge in [-0.2, -0.15) is 0 Å². The lowest BCUT2D eigenvalue weighted by Gasteiger charge is -2.60. The Balaban J connectivity index is 1.64. The average Bonchev–Trinajstić information content (AvgIpc) is 2.91. The molecule has 0 unspecified atom stereocenters. The highest BCUT2D eigenvalue weighted by Crippen LogP contribution is 2.65. The molecule has 0 aliphatic heterocycles. The molecule has 4 rings (SSSR count). The molecule has 4 fully saturated rings. The Hall–Kier alpha value is -0.0400. The number of rotatable bonds is 1. The molecule has 1 nitrogen and oxygen atoms in total. The summed E-state index contributed by atoms with van der Waals surface area (Å²) in [4.78, 5) is 0. The molecular formula is C19H33N. The van der Waals surface area contributed by atoms with Gasteiger partial charge in [0.15, 0.2) is 0 Å². The first kappa shape index (κ1) is 13.6. The van der Waals surface area contributed by atoms with Crippen LogP contribution in [0.5, 0.6) is 0 Å². The molecule has 2 N–H and O–H groups in total. The van der Waals surface area contributed by atoms with E-state index in [-0.39, 0.29) is 0 Å². The van der Waals surface area contributed by atoms with Crippen molar-refractivity contribution >= 4 is 0 Å². The Labute approximate surface area is 125 Å². The molecule has 0 saturated heterocycles. The van der Waals surface area contributed by atoms with Gasteiger partial charge in [-0.25, -0.2) is 0 Å². The summed E-state index contributed by atoms with van der Waals surface area (Å²) < 4.78 is 0. The smallest absolute Gasteiger partial charge is 0.00178 e. The van der Waals surface area contributed by atoms with Crippen LogP contribution < -0.4 is 5.73 Å². The van der Waals surface area contributed by atoms with Gasteiger partial charge in [-0.1, -0.05) is 26.2 Å². The van der Waals surface area contributed by atoms with E-state index in [2.05, 4.69) is 6.92 Å². The van der Waals surface area contributed by atoms with Gasteiger partial charge in [0.25, 0.3) is 0 Å². The van der Waals surface area contributed by atoms with Gasteiger partial charge in [-0.3, -0.25) is 0 Å². The van der Waals surface area contributed by atoms with Crippen molar-refractivity contribution in [1.29, 1.82) is 0 Å². The zero-order valence-electron chi connectivity index (χ0n) is 13.4. The van der Waals surface area contributed by atoms with Gasteiger partial charge in [0.2, 0.25) is 0 Å². The Morgan fingerprint density at radius 1 is 0.850 bits per heavy atom. The Morgan fingerprint density at radius 3 is 2.60 bits per heavy atom. The van der Waals surface area contributed by atoms with Crippen molar-refractivity contribution in [2.75, 3.05) is 6.54 Å². The maximum absolute atomic E-state index is 6.27. The fourth-order valence-corrected chi connectivity index (χ4v) is 7.44. The first-order valence-corrected chi connectivity index (χ1v) is 9.40. The van der Waals surface area contributed by atoms with Crippen molar-refractivity contribution in [3.8, 4) is 0 Å². The van der Waals surface area contributed by atoms with Crippen LogP contribution in [-0.2, 0) is 0 Å². The fraction of sp³-hybridized carbons (Fsp3) is 1.00. The van der Waals surface area contributed by atoms with Crippen LogP contribution in [0.1, 0.15) is 77.6 Å². The predicted octanol–water partition coefficient (Wildman–Crippen LogP) is 4.75. The number of hydrogen-bond acceptors (Lipinski definition) is 1. The topological polar surface area (TPSA) is 26.0 Å². The lowest BCUT2D eigenvalue weighted by Crippen LogP contribution is -2.53. The van der Waals surface area contributed by atoms with Crippen LogP contribution in [-0.4, -0.2) is 6.54 Å². The molecule has 114 valence electrons. The molecule has 4 saturated carbocycles. The summed E-state index contributed by atoms with van der Waals surface area (Å²) in [5.74, 6) is 4.13. The van der Waals surface area contributed by atoms with Crippen molar-refractivity contribution in [2.45, 2.75) is 77.6 Å². The minimum Gasteiger partial charge on any atom is -0.330 e. The molecule has 1 heteroatoms. The summed E-state index contributed by atoms with van der Waals surface area (Å²) in [6.45, 7) is 3.65. The minimum atomic E-state index is 0.568. The van der Waals surface area contributed by atoms with Crippen molar-refractivity contribution < 1.29 is 0 Å². The Kier molecular flexibility index (Phi) is 3.22. The van der Waals surface area contributed by atoms with E-state index in [9.17, 15) is 0 Å². The van der Waals surface area contributed by atoms with Gasteiger partial charge in [0.05, 0.1) is 0 Å². The van der Waals surface area contributed by atoms with Crippen LogP contribution in [0.15, 0.2) is 0 Å². The summed E-state index contributed by atoms with van der Waals surface area (Å²) in [7, 11) is 0. The lowest BCUT2D eigenvalue weighted by atomic mass is 9.45. The van der Waals surface area contributed by atoms with Gasteiger partial charge < -0.3 is 5.73 Å². The quantitative estimate of drug-likeness (QED) is 0.734. The van der Waals surface area contributed by atoms with Crippen molar-refractivity contribution in [1.82, 2.24) is 0 Å². The normalized spacial score (nSPS) is 54.9. The molecule has 4 aliphatic rings. The van der Waals surface area contributed by atoms with Gasteiger partial charge in [-0.05, 0) is 92.4 Å². The second-order valence-electron chi connectivity index (χ2n) is 8.90. The van der Waals surface area contributed by atoms with Crippen LogP contribution in [0.2, 0.25) is 0 Å². The van der Waals surface area contributed by atoms with E-state index >= 15 is 0 Å². The van der Waals surface area contributed by atoms with E-state index in [1.165, 1.54) is 70.6 Å². The number of nitrogens with two attached hydrogens (primary N) is 1. The Bertz CT molecular complexity index is 378. The van der Waals surface area contributed by atoms with Crippen molar-refractivity contribution in [3.05, 3.63) is 0 Å². The van der Waals surface area contributed by atoms with Crippen molar-refractivity contribution in [2.24, 2.45) is 40.2 Å². The molecule has 0 aromatic rings. The molecule has 0 radical (unpaired) electrons. The van der Waals surface area contributed by atoms with Crippen LogP contribution in [0.3, 0.4) is 0 Å². The summed E-state index contributed by atoms with van der Waals surface area (Å²) in [5, 5.41) is 0. The zero-order valence-corrected chi connectivity index (χ0v) is 13.4. The van der Waals surface area contributed by atoms with E-state index in [4.69, 9.17) is 5.73 Å². The maximum Gasteiger partial charge on any atom is -0.00178 e. The van der Waals surface area contributed by atoms with Crippen LogP contribution in [0.25, 0.3) is 0 Å². The van der Waals surface area contributed by atoms with Gasteiger partial charge in [-0.15, -0.1) is 0 Å². The summed E-state index contributed by atoms with van der Waals surface area (Å²) in [6.07, 6.45) is 16.5. The summed E-state index contributed by atoms with van der Waals surface area (Å²) >= 11 is 0. The highest BCUT2D eigenvalue weighted by molar-refractivity contribution is 5.08. The van der Waals surface area contributed by atoms with Crippen LogP contribution in [0, 0.1) is 34.5 Å². The van der Waals surface area contributed by atoms with Gasteiger partial charge in [0.1, 0.15) is 0 Å². The second-order valence-corrected chi connectivity index (χ2v) is 8.90.